The molecule has 3 aromatic rings. The Morgan fingerprint density at radius 1 is 1.35 bits per heavy atom. The Balaban J connectivity index is 1.75. The molecule has 0 aliphatic carbocycles. The summed E-state index contributed by atoms with van der Waals surface area (Å²) in [6.45, 7) is 2.47. The Hall–Kier alpha value is -1.92. The Labute approximate surface area is 124 Å². The van der Waals surface area contributed by atoms with Crippen LogP contribution in [0, 0.1) is 6.92 Å². The quantitative estimate of drug-likeness (QED) is 0.730. The van der Waals surface area contributed by atoms with Gasteiger partial charge in [0.1, 0.15) is 0 Å². The van der Waals surface area contributed by atoms with E-state index in [4.69, 9.17) is 5.73 Å². The molecule has 0 spiro atoms. The van der Waals surface area contributed by atoms with E-state index < -0.39 is 0 Å². The van der Waals surface area contributed by atoms with Crippen LogP contribution in [0.25, 0.3) is 10.1 Å². The first kappa shape index (κ1) is 13.1. The number of nitrogens with two attached hydrogens (primary N) is 1. The van der Waals surface area contributed by atoms with Gasteiger partial charge in [0.2, 0.25) is 0 Å². The molecule has 102 valence electrons. The number of aromatic nitrogens is 1. The molecular weight excluding hydrogens is 290 g/mol. The lowest BCUT2D eigenvalue weighted by Gasteiger charge is -1.99. The molecule has 2 heterocycles. The summed E-state index contributed by atoms with van der Waals surface area (Å²) in [6, 6.07) is 7.55. The smallest absolute Gasteiger partial charge is 0.261 e. The lowest BCUT2D eigenvalue weighted by Crippen LogP contribution is -2.21. The number of thiophene rings is 1. The van der Waals surface area contributed by atoms with Crippen molar-refractivity contribution in [2.24, 2.45) is 0 Å². The van der Waals surface area contributed by atoms with Crippen LogP contribution in [0.2, 0.25) is 0 Å². The number of anilines is 1. The summed E-state index contributed by atoms with van der Waals surface area (Å²) < 4.78 is 1.07. The van der Waals surface area contributed by atoms with Crippen molar-refractivity contribution < 1.29 is 4.79 Å². The van der Waals surface area contributed by atoms with E-state index in [0.29, 0.717) is 17.1 Å². The molecule has 0 radical (unpaired) electrons. The summed E-state index contributed by atoms with van der Waals surface area (Å²) in [7, 11) is 0. The number of nitrogens with zero attached hydrogens (tertiary/aromatic N) is 1. The molecule has 0 atom stereocenters. The van der Waals surface area contributed by atoms with Crippen LogP contribution in [-0.4, -0.2) is 10.9 Å². The highest BCUT2D eigenvalue weighted by Gasteiger charge is 2.10. The fourth-order valence-electron chi connectivity index (χ4n) is 1.92. The minimum Gasteiger partial charge on any atom is -0.399 e. The fourth-order valence-corrected chi connectivity index (χ4v) is 3.61. The second-order valence-electron chi connectivity index (χ2n) is 4.44. The average Bonchev–Trinajstić information content (AvgIpc) is 3.01. The summed E-state index contributed by atoms with van der Waals surface area (Å²) in [5, 5.41) is 4.93. The first-order valence-corrected chi connectivity index (χ1v) is 7.74. The topological polar surface area (TPSA) is 68.0 Å². The lowest BCUT2D eigenvalue weighted by atomic mass is 10.2. The molecule has 3 rings (SSSR count). The maximum absolute atomic E-state index is 12.1. The van der Waals surface area contributed by atoms with Gasteiger partial charge in [-0.3, -0.25) is 4.79 Å². The maximum atomic E-state index is 12.1. The summed E-state index contributed by atoms with van der Waals surface area (Å²) in [5.74, 6) is -0.0594. The van der Waals surface area contributed by atoms with Crippen LogP contribution in [0.1, 0.15) is 19.6 Å². The molecule has 6 heteroatoms. The van der Waals surface area contributed by atoms with Crippen LogP contribution in [0.4, 0.5) is 5.69 Å². The molecule has 1 aromatic carbocycles. The summed E-state index contributed by atoms with van der Waals surface area (Å²) in [4.78, 5) is 18.1. The summed E-state index contributed by atoms with van der Waals surface area (Å²) in [6.07, 6.45) is 1.80. The van der Waals surface area contributed by atoms with Gasteiger partial charge in [-0.05, 0) is 36.6 Å². The number of nitrogen functional groups attached to an aromatic ring is 1. The van der Waals surface area contributed by atoms with Crippen molar-refractivity contribution in [2.45, 2.75) is 13.5 Å². The second-order valence-corrected chi connectivity index (χ2v) is 6.84. The molecule has 0 aliphatic heterocycles. The number of rotatable bonds is 3. The Kier molecular flexibility index (Phi) is 3.42. The Morgan fingerprint density at radius 3 is 2.95 bits per heavy atom. The molecule has 20 heavy (non-hydrogen) atoms. The first-order valence-electron chi connectivity index (χ1n) is 6.10. The molecular formula is C14H13N3OS2. The van der Waals surface area contributed by atoms with Crippen molar-refractivity contribution in [1.29, 1.82) is 0 Å². The molecule has 3 N–H and O–H groups in total. The molecule has 0 bridgehead atoms. The number of thiazole rings is 1. The molecule has 2 aromatic heterocycles. The molecule has 0 aliphatic rings. The van der Waals surface area contributed by atoms with Gasteiger partial charge in [0, 0.05) is 21.5 Å². The number of aryl methyl sites for hydroxylation is 1. The normalized spacial score (nSPS) is 10.8. The van der Waals surface area contributed by atoms with Gasteiger partial charge in [-0.2, -0.15) is 0 Å². The third-order valence-electron chi connectivity index (χ3n) is 2.86. The standard InChI is InChI=1S/C14H13N3OS2/c1-8-16-6-11(19-8)7-17-14(18)13-5-9-4-10(15)2-3-12(9)20-13/h2-6H,7,15H2,1H3,(H,17,18). The van der Waals surface area contributed by atoms with Crippen molar-refractivity contribution in [2.75, 3.05) is 5.73 Å². The van der Waals surface area contributed by atoms with Crippen LogP contribution in [0.15, 0.2) is 30.5 Å². The van der Waals surface area contributed by atoms with E-state index in [1.54, 1.807) is 17.5 Å². The minimum atomic E-state index is -0.0594. The third-order valence-corrected chi connectivity index (χ3v) is 4.88. The molecule has 0 saturated heterocycles. The van der Waals surface area contributed by atoms with Gasteiger partial charge in [0.15, 0.2) is 0 Å². The molecule has 4 nitrogen and oxygen atoms in total. The number of nitrogens with one attached hydrogen (secondary N) is 1. The van der Waals surface area contributed by atoms with E-state index in [1.165, 1.54) is 11.3 Å². The van der Waals surface area contributed by atoms with Gasteiger partial charge in [-0.25, -0.2) is 4.98 Å². The SMILES string of the molecule is Cc1ncc(CNC(=O)c2cc3cc(N)ccc3s2)s1. The maximum Gasteiger partial charge on any atom is 0.261 e. The predicted molar refractivity (Wildman–Crippen MR) is 84.3 cm³/mol. The number of amides is 1. The molecule has 0 unspecified atom stereocenters. The number of fused-ring (bicyclic) bond motifs is 1. The Bertz CT molecular complexity index is 776. The average molecular weight is 303 g/mol. The highest BCUT2D eigenvalue weighted by atomic mass is 32.1. The van der Waals surface area contributed by atoms with Crippen molar-refractivity contribution in [3.05, 3.63) is 45.2 Å². The van der Waals surface area contributed by atoms with Gasteiger partial charge in [0.25, 0.3) is 5.91 Å². The molecule has 0 fully saturated rings. The highest BCUT2D eigenvalue weighted by molar-refractivity contribution is 7.20. The number of carbonyl (C=O) groups excluding carboxylic acids is 1. The number of benzene rings is 1. The van der Waals surface area contributed by atoms with Gasteiger partial charge in [-0.15, -0.1) is 22.7 Å². The highest BCUT2D eigenvalue weighted by Crippen LogP contribution is 2.27. The van der Waals surface area contributed by atoms with E-state index in [-0.39, 0.29) is 5.91 Å². The van der Waals surface area contributed by atoms with Crippen LogP contribution < -0.4 is 11.1 Å². The lowest BCUT2D eigenvalue weighted by molar-refractivity contribution is 0.0955. The van der Waals surface area contributed by atoms with Crippen LogP contribution in [0.5, 0.6) is 0 Å². The molecule has 1 amide bonds. The fraction of sp³-hybridized carbons (Fsp3) is 0.143. The number of hydrogen-bond donors (Lipinski definition) is 2. The Morgan fingerprint density at radius 2 is 2.20 bits per heavy atom. The van der Waals surface area contributed by atoms with Crippen LogP contribution in [-0.2, 0) is 6.54 Å². The van der Waals surface area contributed by atoms with Crippen molar-refractivity contribution in [3.63, 3.8) is 0 Å². The number of hydrogen-bond acceptors (Lipinski definition) is 5. The van der Waals surface area contributed by atoms with E-state index >= 15 is 0 Å². The summed E-state index contributed by atoms with van der Waals surface area (Å²) >= 11 is 3.07. The van der Waals surface area contributed by atoms with Gasteiger partial charge >= 0.3 is 0 Å². The van der Waals surface area contributed by atoms with Gasteiger partial charge < -0.3 is 11.1 Å². The van der Waals surface area contributed by atoms with Crippen molar-refractivity contribution in [1.82, 2.24) is 10.3 Å². The summed E-state index contributed by atoms with van der Waals surface area (Å²) in [5.41, 5.74) is 6.46. The van der Waals surface area contributed by atoms with E-state index in [0.717, 1.165) is 20.0 Å². The van der Waals surface area contributed by atoms with Crippen molar-refractivity contribution >= 4 is 44.4 Å². The molecule has 0 saturated carbocycles. The zero-order valence-corrected chi connectivity index (χ0v) is 12.5. The number of carbonyl (C=O) groups is 1. The third kappa shape index (κ3) is 2.66. The van der Waals surface area contributed by atoms with Gasteiger partial charge in [0.05, 0.1) is 16.4 Å². The predicted octanol–water partition coefficient (Wildman–Crippen LogP) is 3.18. The minimum absolute atomic E-state index is 0.0594. The monoisotopic (exact) mass is 303 g/mol. The van der Waals surface area contributed by atoms with Crippen LogP contribution >= 0.6 is 22.7 Å². The van der Waals surface area contributed by atoms with E-state index in [1.807, 2.05) is 31.2 Å². The second kappa shape index (κ2) is 5.22. The zero-order chi connectivity index (χ0) is 14.1. The van der Waals surface area contributed by atoms with Gasteiger partial charge in [-0.1, -0.05) is 0 Å². The van der Waals surface area contributed by atoms with E-state index in [9.17, 15) is 4.79 Å². The van der Waals surface area contributed by atoms with Crippen molar-refractivity contribution in [3.8, 4) is 0 Å². The van der Waals surface area contributed by atoms with E-state index in [2.05, 4.69) is 10.3 Å². The first-order chi connectivity index (χ1) is 9.61. The van der Waals surface area contributed by atoms with Crippen LogP contribution in [0.3, 0.4) is 0 Å². The zero-order valence-electron chi connectivity index (χ0n) is 10.8. The largest absolute Gasteiger partial charge is 0.399 e.